The Kier molecular flexibility index (Phi) is 3.42. The first-order valence-corrected chi connectivity index (χ1v) is 4.68. The third kappa shape index (κ3) is 2.67. The zero-order valence-electron chi connectivity index (χ0n) is 8.46. The van der Waals surface area contributed by atoms with E-state index < -0.39 is 0 Å². The fraction of sp³-hybridized carbons (Fsp3) is 0.333. The molecule has 1 atom stereocenters. The van der Waals surface area contributed by atoms with E-state index in [0.717, 1.165) is 12.0 Å². The molecule has 0 aliphatic carbocycles. The second-order valence-electron chi connectivity index (χ2n) is 3.87. The molecule has 0 aliphatic heterocycles. The average molecular weight is 193 g/mol. The van der Waals surface area contributed by atoms with Crippen molar-refractivity contribution < 1.29 is 4.39 Å². The molecule has 1 aromatic rings. The van der Waals surface area contributed by atoms with Crippen molar-refractivity contribution in [2.45, 2.75) is 13.3 Å². The smallest absolute Gasteiger partial charge is 0.123 e. The predicted octanol–water partition coefficient (Wildman–Crippen LogP) is 2.52. The van der Waals surface area contributed by atoms with Crippen molar-refractivity contribution >= 4 is 0 Å². The Morgan fingerprint density at radius 2 is 2.00 bits per heavy atom. The lowest BCUT2D eigenvalue weighted by Gasteiger charge is -2.23. The van der Waals surface area contributed by atoms with E-state index in [1.54, 1.807) is 12.1 Å². The average Bonchev–Trinajstić information content (AvgIpc) is 2.21. The van der Waals surface area contributed by atoms with Crippen LogP contribution in [0.5, 0.6) is 0 Å². The summed E-state index contributed by atoms with van der Waals surface area (Å²) >= 11 is 0. The highest BCUT2D eigenvalue weighted by Crippen LogP contribution is 2.22. The molecule has 1 nitrogen and oxygen atoms in total. The number of rotatable bonds is 4. The first-order chi connectivity index (χ1) is 6.59. The van der Waals surface area contributed by atoms with Gasteiger partial charge in [0, 0.05) is 12.0 Å². The van der Waals surface area contributed by atoms with E-state index in [1.807, 2.05) is 13.0 Å². The van der Waals surface area contributed by atoms with Crippen molar-refractivity contribution in [2.24, 2.45) is 11.1 Å². The van der Waals surface area contributed by atoms with Gasteiger partial charge in [-0.25, -0.2) is 4.39 Å². The summed E-state index contributed by atoms with van der Waals surface area (Å²) in [6.07, 6.45) is 2.66. The van der Waals surface area contributed by atoms with E-state index >= 15 is 0 Å². The standard InChI is InChI=1S/C12H16FN/c1-3-12(2,9-14)8-10-4-6-11(13)7-5-10/h3-7H,1,8-9,14H2,2H3. The van der Waals surface area contributed by atoms with Gasteiger partial charge in [-0.05, 0) is 24.1 Å². The van der Waals surface area contributed by atoms with Crippen LogP contribution in [0.1, 0.15) is 12.5 Å². The quantitative estimate of drug-likeness (QED) is 0.730. The molecule has 0 saturated heterocycles. The lowest BCUT2D eigenvalue weighted by molar-refractivity contribution is 0.438. The second kappa shape index (κ2) is 4.38. The van der Waals surface area contributed by atoms with Gasteiger partial charge in [0.25, 0.3) is 0 Å². The van der Waals surface area contributed by atoms with E-state index in [0.29, 0.717) is 6.54 Å². The zero-order chi connectivity index (χ0) is 10.6. The number of benzene rings is 1. The minimum Gasteiger partial charge on any atom is -0.330 e. The lowest BCUT2D eigenvalue weighted by Crippen LogP contribution is -2.27. The van der Waals surface area contributed by atoms with E-state index in [-0.39, 0.29) is 11.2 Å². The maximum atomic E-state index is 12.6. The van der Waals surface area contributed by atoms with Crippen LogP contribution in [0.15, 0.2) is 36.9 Å². The van der Waals surface area contributed by atoms with Crippen LogP contribution in [-0.2, 0) is 6.42 Å². The van der Waals surface area contributed by atoms with Gasteiger partial charge in [0.2, 0.25) is 0 Å². The summed E-state index contributed by atoms with van der Waals surface area (Å²) in [5, 5.41) is 0. The van der Waals surface area contributed by atoms with Gasteiger partial charge >= 0.3 is 0 Å². The number of halogens is 1. The van der Waals surface area contributed by atoms with Gasteiger partial charge in [0.05, 0.1) is 0 Å². The molecule has 1 rings (SSSR count). The molecule has 76 valence electrons. The molecule has 0 spiro atoms. The number of hydrogen-bond acceptors (Lipinski definition) is 1. The maximum Gasteiger partial charge on any atom is 0.123 e. The van der Waals surface area contributed by atoms with Crippen molar-refractivity contribution in [1.82, 2.24) is 0 Å². The van der Waals surface area contributed by atoms with Gasteiger partial charge < -0.3 is 5.73 Å². The SMILES string of the molecule is C=CC(C)(CN)Cc1ccc(F)cc1. The van der Waals surface area contributed by atoms with Gasteiger partial charge in [-0.2, -0.15) is 0 Å². The Morgan fingerprint density at radius 1 is 1.43 bits per heavy atom. The minimum absolute atomic E-state index is 0.0994. The molecular weight excluding hydrogens is 177 g/mol. The molecule has 0 fully saturated rings. The van der Waals surface area contributed by atoms with Gasteiger partial charge in [-0.15, -0.1) is 6.58 Å². The van der Waals surface area contributed by atoms with Gasteiger partial charge in [0.15, 0.2) is 0 Å². The van der Waals surface area contributed by atoms with E-state index in [2.05, 4.69) is 6.58 Å². The molecule has 2 heteroatoms. The third-order valence-electron chi connectivity index (χ3n) is 2.48. The topological polar surface area (TPSA) is 26.0 Å². The largest absolute Gasteiger partial charge is 0.330 e. The van der Waals surface area contributed by atoms with Crippen LogP contribution in [0.2, 0.25) is 0 Å². The molecule has 0 saturated carbocycles. The third-order valence-corrected chi connectivity index (χ3v) is 2.48. The molecule has 0 aromatic heterocycles. The molecular formula is C12H16FN. The molecule has 1 aromatic carbocycles. The van der Waals surface area contributed by atoms with Crippen molar-refractivity contribution in [3.8, 4) is 0 Å². The molecule has 0 aliphatic rings. The molecule has 0 radical (unpaired) electrons. The van der Waals surface area contributed by atoms with Crippen molar-refractivity contribution in [1.29, 1.82) is 0 Å². The molecule has 0 amide bonds. The lowest BCUT2D eigenvalue weighted by atomic mass is 9.84. The van der Waals surface area contributed by atoms with Crippen molar-refractivity contribution in [3.63, 3.8) is 0 Å². The first-order valence-electron chi connectivity index (χ1n) is 4.68. The van der Waals surface area contributed by atoms with E-state index in [4.69, 9.17) is 5.73 Å². The fourth-order valence-electron chi connectivity index (χ4n) is 1.30. The zero-order valence-corrected chi connectivity index (χ0v) is 8.46. The Bertz CT molecular complexity index is 305. The monoisotopic (exact) mass is 193 g/mol. The van der Waals surface area contributed by atoms with Crippen molar-refractivity contribution in [3.05, 3.63) is 48.3 Å². The van der Waals surface area contributed by atoms with Crippen LogP contribution in [0.3, 0.4) is 0 Å². The summed E-state index contributed by atoms with van der Waals surface area (Å²) in [5.74, 6) is -0.207. The van der Waals surface area contributed by atoms with Crippen LogP contribution < -0.4 is 5.73 Å². The Balaban J connectivity index is 2.77. The molecule has 0 bridgehead atoms. The highest BCUT2D eigenvalue weighted by atomic mass is 19.1. The predicted molar refractivity (Wildman–Crippen MR) is 57.5 cm³/mol. The molecule has 0 heterocycles. The number of nitrogens with two attached hydrogens (primary N) is 1. The summed E-state index contributed by atoms with van der Waals surface area (Å²) in [7, 11) is 0. The molecule has 14 heavy (non-hydrogen) atoms. The minimum atomic E-state index is -0.207. The maximum absolute atomic E-state index is 12.6. The van der Waals surface area contributed by atoms with Crippen LogP contribution in [-0.4, -0.2) is 6.54 Å². The summed E-state index contributed by atoms with van der Waals surface area (Å²) in [6.45, 7) is 6.36. The van der Waals surface area contributed by atoms with Crippen LogP contribution in [0, 0.1) is 11.2 Å². The normalized spacial score (nSPS) is 14.8. The van der Waals surface area contributed by atoms with Crippen molar-refractivity contribution in [2.75, 3.05) is 6.54 Å². The van der Waals surface area contributed by atoms with Gasteiger partial charge in [-0.3, -0.25) is 0 Å². The summed E-state index contributed by atoms with van der Waals surface area (Å²) in [6, 6.07) is 6.50. The van der Waals surface area contributed by atoms with E-state index in [9.17, 15) is 4.39 Å². The summed E-state index contributed by atoms with van der Waals surface area (Å²) in [5.41, 5.74) is 6.63. The van der Waals surface area contributed by atoms with Gasteiger partial charge in [-0.1, -0.05) is 25.1 Å². The summed E-state index contributed by atoms with van der Waals surface area (Å²) in [4.78, 5) is 0. The molecule has 2 N–H and O–H groups in total. The second-order valence-corrected chi connectivity index (χ2v) is 3.87. The van der Waals surface area contributed by atoms with Gasteiger partial charge in [0.1, 0.15) is 5.82 Å². The fourth-order valence-corrected chi connectivity index (χ4v) is 1.30. The molecule has 1 unspecified atom stereocenters. The Labute approximate surface area is 84.4 Å². The Hall–Kier alpha value is -1.15. The highest BCUT2D eigenvalue weighted by Gasteiger charge is 2.18. The number of hydrogen-bond donors (Lipinski definition) is 1. The van der Waals surface area contributed by atoms with Crippen LogP contribution in [0.4, 0.5) is 4.39 Å². The van der Waals surface area contributed by atoms with Crippen LogP contribution >= 0.6 is 0 Å². The first kappa shape index (κ1) is 10.9. The summed E-state index contributed by atoms with van der Waals surface area (Å²) < 4.78 is 12.6. The Morgan fingerprint density at radius 3 is 2.43 bits per heavy atom. The van der Waals surface area contributed by atoms with E-state index in [1.165, 1.54) is 12.1 Å². The highest BCUT2D eigenvalue weighted by molar-refractivity contribution is 5.19. The van der Waals surface area contributed by atoms with Crippen LogP contribution in [0.25, 0.3) is 0 Å².